The van der Waals surface area contributed by atoms with Crippen LogP contribution in [0, 0.1) is 0 Å². The van der Waals surface area contributed by atoms with Gasteiger partial charge in [-0.2, -0.15) is 5.10 Å². The highest BCUT2D eigenvalue weighted by Crippen LogP contribution is 2.10. The molecule has 2 heterocycles. The Balaban J connectivity index is 1.62. The number of ether oxygens (including phenoxy) is 1. The van der Waals surface area contributed by atoms with Crippen molar-refractivity contribution in [1.29, 1.82) is 0 Å². The van der Waals surface area contributed by atoms with Crippen molar-refractivity contribution in [3.05, 3.63) is 47.1 Å². The zero-order chi connectivity index (χ0) is 13.9. The van der Waals surface area contributed by atoms with E-state index in [0.29, 0.717) is 13.2 Å². The molecule has 0 atom stereocenters. The summed E-state index contributed by atoms with van der Waals surface area (Å²) in [5, 5.41) is 4.03. The fourth-order valence-corrected chi connectivity index (χ4v) is 2.21. The SMILES string of the molecule is Cn1cc(OCCCn2c(=O)[nH]c3ccccc32)cn1. The van der Waals surface area contributed by atoms with Gasteiger partial charge in [-0.05, 0) is 18.6 Å². The summed E-state index contributed by atoms with van der Waals surface area (Å²) >= 11 is 0. The number of para-hydroxylation sites is 2. The molecule has 0 aliphatic heterocycles. The van der Waals surface area contributed by atoms with E-state index in [-0.39, 0.29) is 5.69 Å². The zero-order valence-corrected chi connectivity index (χ0v) is 11.2. The van der Waals surface area contributed by atoms with E-state index in [1.54, 1.807) is 15.4 Å². The van der Waals surface area contributed by atoms with Gasteiger partial charge in [0.25, 0.3) is 0 Å². The van der Waals surface area contributed by atoms with Crippen molar-refractivity contribution in [3.8, 4) is 5.75 Å². The number of hydrogen-bond donors (Lipinski definition) is 1. The number of aryl methyl sites for hydroxylation is 2. The summed E-state index contributed by atoms with van der Waals surface area (Å²) in [5.41, 5.74) is 1.72. The molecule has 6 heteroatoms. The van der Waals surface area contributed by atoms with E-state index >= 15 is 0 Å². The summed E-state index contributed by atoms with van der Waals surface area (Å²) in [6.07, 6.45) is 4.26. The molecule has 3 aromatic rings. The van der Waals surface area contributed by atoms with E-state index < -0.39 is 0 Å². The number of aromatic amines is 1. The second-order valence-corrected chi connectivity index (χ2v) is 4.65. The molecule has 0 fully saturated rings. The van der Waals surface area contributed by atoms with Crippen molar-refractivity contribution in [2.45, 2.75) is 13.0 Å². The monoisotopic (exact) mass is 272 g/mol. The van der Waals surface area contributed by atoms with E-state index in [2.05, 4.69) is 10.1 Å². The Bertz CT molecular complexity index is 769. The second-order valence-electron chi connectivity index (χ2n) is 4.65. The minimum Gasteiger partial charge on any atom is -0.490 e. The number of rotatable bonds is 5. The van der Waals surface area contributed by atoms with E-state index in [4.69, 9.17) is 4.74 Å². The maximum atomic E-state index is 11.9. The fourth-order valence-electron chi connectivity index (χ4n) is 2.21. The first-order chi connectivity index (χ1) is 9.74. The molecule has 1 N–H and O–H groups in total. The minimum absolute atomic E-state index is 0.0763. The first-order valence-electron chi connectivity index (χ1n) is 6.53. The summed E-state index contributed by atoms with van der Waals surface area (Å²) in [4.78, 5) is 14.7. The third-order valence-electron chi connectivity index (χ3n) is 3.16. The van der Waals surface area contributed by atoms with Crippen LogP contribution in [0.25, 0.3) is 11.0 Å². The first-order valence-corrected chi connectivity index (χ1v) is 6.53. The lowest BCUT2D eigenvalue weighted by Gasteiger charge is -2.04. The van der Waals surface area contributed by atoms with Gasteiger partial charge in [0.15, 0.2) is 5.75 Å². The highest BCUT2D eigenvalue weighted by molar-refractivity contribution is 5.74. The molecule has 0 amide bonds. The van der Waals surface area contributed by atoms with Crippen molar-refractivity contribution in [2.24, 2.45) is 7.05 Å². The van der Waals surface area contributed by atoms with Crippen LogP contribution in [0.15, 0.2) is 41.5 Å². The van der Waals surface area contributed by atoms with Crippen LogP contribution in [0.5, 0.6) is 5.75 Å². The molecule has 20 heavy (non-hydrogen) atoms. The van der Waals surface area contributed by atoms with Gasteiger partial charge in [-0.3, -0.25) is 9.25 Å². The minimum atomic E-state index is -0.0763. The Hall–Kier alpha value is -2.50. The normalized spacial score (nSPS) is 11.1. The number of benzene rings is 1. The lowest BCUT2D eigenvalue weighted by Crippen LogP contribution is -2.18. The quantitative estimate of drug-likeness (QED) is 0.716. The lowest BCUT2D eigenvalue weighted by molar-refractivity contribution is 0.301. The van der Waals surface area contributed by atoms with Crippen molar-refractivity contribution in [2.75, 3.05) is 6.61 Å². The molecular formula is C14H16N4O2. The van der Waals surface area contributed by atoms with Gasteiger partial charge < -0.3 is 9.72 Å². The summed E-state index contributed by atoms with van der Waals surface area (Å²) in [5.74, 6) is 0.749. The molecule has 0 spiro atoms. The largest absolute Gasteiger partial charge is 0.490 e. The zero-order valence-electron chi connectivity index (χ0n) is 11.2. The van der Waals surface area contributed by atoms with Crippen LogP contribution < -0.4 is 10.4 Å². The second kappa shape index (κ2) is 5.24. The predicted molar refractivity (Wildman–Crippen MR) is 75.9 cm³/mol. The molecule has 0 aliphatic carbocycles. The smallest absolute Gasteiger partial charge is 0.326 e. The number of aromatic nitrogens is 4. The fraction of sp³-hybridized carbons (Fsp3) is 0.286. The third-order valence-corrected chi connectivity index (χ3v) is 3.16. The molecule has 0 radical (unpaired) electrons. The molecule has 6 nitrogen and oxygen atoms in total. The number of imidazole rings is 1. The molecule has 104 valence electrons. The highest BCUT2D eigenvalue weighted by Gasteiger charge is 2.05. The number of fused-ring (bicyclic) bond motifs is 1. The Morgan fingerprint density at radius 1 is 1.35 bits per heavy atom. The molecule has 1 aromatic carbocycles. The van der Waals surface area contributed by atoms with Crippen molar-refractivity contribution >= 4 is 11.0 Å². The Morgan fingerprint density at radius 2 is 2.20 bits per heavy atom. The highest BCUT2D eigenvalue weighted by atomic mass is 16.5. The average Bonchev–Trinajstić information content (AvgIpc) is 2.98. The summed E-state index contributed by atoms with van der Waals surface area (Å²) < 4.78 is 9.00. The lowest BCUT2D eigenvalue weighted by atomic mass is 10.3. The molecule has 0 bridgehead atoms. The first kappa shape index (κ1) is 12.5. The predicted octanol–water partition coefficient (Wildman–Crippen LogP) is 1.53. The van der Waals surface area contributed by atoms with Crippen LogP contribution in [0.1, 0.15) is 6.42 Å². The van der Waals surface area contributed by atoms with Gasteiger partial charge in [0, 0.05) is 13.6 Å². The molecule has 0 unspecified atom stereocenters. The Morgan fingerprint density at radius 3 is 3.00 bits per heavy atom. The molecule has 2 aromatic heterocycles. The molecule has 3 rings (SSSR count). The van der Waals surface area contributed by atoms with Crippen LogP contribution >= 0.6 is 0 Å². The topological polar surface area (TPSA) is 64.8 Å². The van der Waals surface area contributed by atoms with E-state index in [1.165, 1.54) is 0 Å². The van der Waals surface area contributed by atoms with Gasteiger partial charge in [-0.25, -0.2) is 4.79 Å². The van der Waals surface area contributed by atoms with E-state index in [0.717, 1.165) is 23.2 Å². The number of nitrogens with one attached hydrogen (secondary N) is 1. The number of nitrogens with zero attached hydrogens (tertiary/aromatic N) is 3. The standard InChI is InChI=1S/C14H16N4O2/c1-17-10-11(9-15-17)20-8-4-7-18-13-6-3-2-5-12(13)16-14(18)19/h2-3,5-6,9-10H,4,7-8H2,1H3,(H,16,19). The van der Waals surface area contributed by atoms with E-state index in [1.807, 2.05) is 37.5 Å². The third kappa shape index (κ3) is 2.45. The van der Waals surface area contributed by atoms with Gasteiger partial charge in [0.05, 0.1) is 30.0 Å². The summed E-state index contributed by atoms with van der Waals surface area (Å²) in [6.45, 7) is 1.18. The van der Waals surface area contributed by atoms with Crippen LogP contribution in [-0.2, 0) is 13.6 Å². The molecule has 0 saturated carbocycles. The van der Waals surface area contributed by atoms with Crippen molar-refractivity contribution < 1.29 is 4.74 Å². The molecule has 0 saturated heterocycles. The van der Waals surface area contributed by atoms with Gasteiger partial charge >= 0.3 is 5.69 Å². The van der Waals surface area contributed by atoms with E-state index in [9.17, 15) is 4.79 Å². The maximum Gasteiger partial charge on any atom is 0.326 e. The maximum absolute atomic E-state index is 11.9. The van der Waals surface area contributed by atoms with Crippen LogP contribution in [-0.4, -0.2) is 25.9 Å². The summed E-state index contributed by atoms with van der Waals surface area (Å²) in [7, 11) is 1.85. The van der Waals surface area contributed by atoms with Crippen molar-refractivity contribution in [3.63, 3.8) is 0 Å². The molecule has 0 aliphatic rings. The number of H-pyrrole nitrogens is 1. The van der Waals surface area contributed by atoms with Gasteiger partial charge in [0.2, 0.25) is 0 Å². The average molecular weight is 272 g/mol. The number of hydrogen-bond acceptors (Lipinski definition) is 3. The Labute approximate surface area is 115 Å². The molecular weight excluding hydrogens is 256 g/mol. The van der Waals surface area contributed by atoms with Crippen LogP contribution in [0.2, 0.25) is 0 Å². The van der Waals surface area contributed by atoms with Gasteiger partial charge in [0.1, 0.15) is 0 Å². The van der Waals surface area contributed by atoms with Crippen LogP contribution in [0.3, 0.4) is 0 Å². The van der Waals surface area contributed by atoms with Gasteiger partial charge in [-0.15, -0.1) is 0 Å². The van der Waals surface area contributed by atoms with Crippen LogP contribution in [0.4, 0.5) is 0 Å². The summed E-state index contributed by atoms with van der Waals surface area (Å²) in [6, 6.07) is 7.68. The Kier molecular flexibility index (Phi) is 3.28. The van der Waals surface area contributed by atoms with Gasteiger partial charge in [-0.1, -0.05) is 12.1 Å². The van der Waals surface area contributed by atoms with Crippen molar-refractivity contribution in [1.82, 2.24) is 19.3 Å².